The zero-order valence-corrected chi connectivity index (χ0v) is 15.7. The van der Waals surface area contributed by atoms with E-state index in [1.807, 2.05) is 0 Å². The molecule has 1 aliphatic carbocycles. The Balaban J connectivity index is 1.50. The normalized spacial score (nSPS) is 20.8. The molecule has 2 heterocycles. The summed E-state index contributed by atoms with van der Waals surface area (Å²) in [4.78, 5) is 21.7. The van der Waals surface area contributed by atoms with Gasteiger partial charge >= 0.3 is 6.09 Å². The number of nitrogens with zero attached hydrogens (tertiary/aromatic N) is 3. The molecule has 0 radical (unpaired) electrons. The van der Waals surface area contributed by atoms with Gasteiger partial charge in [-0.15, -0.1) is 0 Å². The number of hydrogen-bond acceptors (Lipinski definition) is 5. The van der Waals surface area contributed by atoms with E-state index in [0.717, 1.165) is 32.4 Å². The molecule has 1 saturated heterocycles. The minimum Gasteiger partial charge on any atom is -0.465 e. The Kier molecular flexibility index (Phi) is 4.32. The summed E-state index contributed by atoms with van der Waals surface area (Å²) >= 11 is 3.22. The SMILES string of the molecule is N[C@@H]1c2ccccc2CC12CCN(c1cnc(Br)c(NC(=O)O)n1)CC2. The van der Waals surface area contributed by atoms with Crippen LogP contribution in [0.1, 0.15) is 30.0 Å². The van der Waals surface area contributed by atoms with E-state index in [1.165, 1.54) is 11.1 Å². The van der Waals surface area contributed by atoms with Crippen LogP contribution in [-0.4, -0.2) is 34.3 Å². The van der Waals surface area contributed by atoms with Crippen LogP contribution < -0.4 is 16.0 Å². The average molecular weight is 418 g/mol. The molecule has 4 rings (SSSR count). The summed E-state index contributed by atoms with van der Waals surface area (Å²) in [7, 11) is 0. The number of hydrogen-bond donors (Lipinski definition) is 3. The van der Waals surface area contributed by atoms with Crippen molar-refractivity contribution in [3.8, 4) is 0 Å². The number of aromatic nitrogens is 2. The largest absolute Gasteiger partial charge is 0.465 e. The number of halogens is 1. The lowest BCUT2D eigenvalue weighted by Crippen LogP contribution is -2.44. The maximum absolute atomic E-state index is 10.9. The Labute approximate surface area is 159 Å². The Morgan fingerprint density at radius 1 is 1.35 bits per heavy atom. The van der Waals surface area contributed by atoms with Crippen molar-refractivity contribution in [1.82, 2.24) is 9.97 Å². The van der Waals surface area contributed by atoms with Crippen molar-refractivity contribution in [3.05, 3.63) is 46.2 Å². The van der Waals surface area contributed by atoms with Gasteiger partial charge in [-0.2, -0.15) is 0 Å². The molecule has 7 nitrogen and oxygen atoms in total. The van der Waals surface area contributed by atoms with Gasteiger partial charge in [-0.1, -0.05) is 24.3 Å². The number of anilines is 2. The van der Waals surface area contributed by atoms with Crippen LogP contribution >= 0.6 is 15.9 Å². The molecule has 8 heteroatoms. The Hall–Kier alpha value is -2.19. The van der Waals surface area contributed by atoms with Gasteiger partial charge in [0.2, 0.25) is 0 Å². The van der Waals surface area contributed by atoms with E-state index in [-0.39, 0.29) is 17.3 Å². The highest BCUT2D eigenvalue weighted by Gasteiger charge is 2.45. The van der Waals surface area contributed by atoms with E-state index < -0.39 is 6.09 Å². The molecule has 2 aliphatic rings. The van der Waals surface area contributed by atoms with Gasteiger partial charge in [-0.25, -0.2) is 14.8 Å². The topological polar surface area (TPSA) is 104 Å². The molecular weight excluding hydrogens is 398 g/mol. The van der Waals surface area contributed by atoms with Crippen LogP contribution in [0.4, 0.5) is 16.4 Å². The third kappa shape index (κ3) is 2.93. The number of nitrogens with one attached hydrogen (secondary N) is 1. The fourth-order valence-electron chi connectivity index (χ4n) is 4.18. The third-order valence-corrected chi connectivity index (χ3v) is 6.20. The fraction of sp³-hybridized carbons (Fsp3) is 0.389. The molecule has 2 aromatic rings. The number of benzene rings is 1. The molecular formula is C18H20BrN5O2. The first-order valence-electron chi connectivity index (χ1n) is 8.59. The van der Waals surface area contributed by atoms with E-state index in [2.05, 4.69) is 60.4 Å². The molecule has 0 bridgehead atoms. The van der Waals surface area contributed by atoms with Gasteiger partial charge in [0.1, 0.15) is 10.4 Å². The first-order valence-corrected chi connectivity index (χ1v) is 9.39. The zero-order valence-electron chi connectivity index (χ0n) is 14.2. The average Bonchev–Trinajstić information content (AvgIpc) is 2.90. The summed E-state index contributed by atoms with van der Waals surface area (Å²) in [6.07, 6.45) is 3.48. The fourth-order valence-corrected chi connectivity index (χ4v) is 4.48. The predicted molar refractivity (Wildman–Crippen MR) is 102 cm³/mol. The second-order valence-corrected chi connectivity index (χ2v) is 7.75. The van der Waals surface area contributed by atoms with Gasteiger partial charge in [0.25, 0.3) is 0 Å². The number of piperidine rings is 1. The highest BCUT2D eigenvalue weighted by atomic mass is 79.9. The lowest BCUT2D eigenvalue weighted by Gasteiger charge is -2.42. The van der Waals surface area contributed by atoms with Crippen molar-refractivity contribution < 1.29 is 9.90 Å². The van der Waals surface area contributed by atoms with E-state index in [0.29, 0.717) is 10.4 Å². The van der Waals surface area contributed by atoms with Crippen LogP contribution in [-0.2, 0) is 6.42 Å². The first kappa shape index (κ1) is 17.2. The number of carbonyl (C=O) groups is 1. The quantitative estimate of drug-likeness (QED) is 0.692. The Bertz CT molecular complexity index is 851. The monoisotopic (exact) mass is 417 g/mol. The summed E-state index contributed by atoms with van der Waals surface area (Å²) < 4.78 is 0.380. The van der Waals surface area contributed by atoms with E-state index >= 15 is 0 Å². The smallest absolute Gasteiger partial charge is 0.410 e. The van der Waals surface area contributed by atoms with Crippen LogP contribution in [0.15, 0.2) is 35.1 Å². The van der Waals surface area contributed by atoms with Crippen LogP contribution in [0.25, 0.3) is 0 Å². The molecule has 1 aromatic heterocycles. The standard InChI is InChI=1S/C18H20BrN5O2/c19-15-16(23-17(25)26)22-13(10-21-15)24-7-5-18(6-8-24)9-11-3-1-2-4-12(11)14(18)20/h1-4,10,14H,5-9,20H2,(H,22,23)(H,25,26)/t14-/m1/s1. The zero-order chi connectivity index (χ0) is 18.3. The van der Waals surface area contributed by atoms with Gasteiger partial charge in [-0.3, -0.25) is 5.32 Å². The summed E-state index contributed by atoms with van der Waals surface area (Å²) in [6.45, 7) is 1.65. The maximum Gasteiger partial charge on any atom is 0.410 e. The van der Waals surface area contributed by atoms with Gasteiger partial charge in [0.05, 0.1) is 6.20 Å². The number of nitrogens with two attached hydrogens (primary N) is 1. The van der Waals surface area contributed by atoms with E-state index in [1.54, 1.807) is 6.20 Å². The number of fused-ring (bicyclic) bond motifs is 1. The molecule has 0 saturated carbocycles. The molecule has 0 unspecified atom stereocenters. The van der Waals surface area contributed by atoms with Crippen LogP contribution in [0.5, 0.6) is 0 Å². The van der Waals surface area contributed by atoms with Crippen molar-refractivity contribution in [1.29, 1.82) is 0 Å². The number of carboxylic acid groups (broad SMARTS) is 1. The number of rotatable bonds is 2. The van der Waals surface area contributed by atoms with Crippen molar-refractivity contribution >= 4 is 33.7 Å². The Morgan fingerprint density at radius 2 is 2.08 bits per heavy atom. The molecule has 1 aromatic carbocycles. The molecule has 136 valence electrons. The molecule has 1 aliphatic heterocycles. The summed E-state index contributed by atoms with van der Waals surface area (Å²) in [5.41, 5.74) is 9.35. The van der Waals surface area contributed by atoms with Gasteiger partial charge in [0.15, 0.2) is 5.82 Å². The van der Waals surface area contributed by atoms with Crippen LogP contribution in [0.2, 0.25) is 0 Å². The van der Waals surface area contributed by atoms with Gasteiger partial charge in [0, 0.05) is 19.1 Å². The van der Waals surface area contributed by atoms with E-state index in [4.69, 9.17) is 10.8 Å². The molecule has 1 fully saturated rings. The minimum absolute atomic E-state index is 0.0705. The second kappa shape index (κ2) is 6.51. The summed E-state index contributed by atoms with van der Waals surface area (Å²) in [5.74, 6) is 0.885. The summed E-state index contributed by atoms with van der Waals surface area (Å²) in [5, 5.41) is 11.2. The van der Waals surface area contributed by atoms with Gasteiger partial charge < -0.3 is 15.7 Å². The third-order valence-electron chi connectivity index (χ3n) is 5.62. The minimum atomic E-state index is -1.16. The lowest BCUT2D eigenvalue weighted by molar-refractivity contribution is 0.187. The first-order chi connectivity index (χ1) is 12.5. The predicted octanol–water partition coefficient (Wildman–Crippen LogP) is 3.17. The highest BCUT2D eigenvalue weighted by molar-refractivity contribution is 9.10. The number of amides is 1. The maximum atomic E-state index is 10.9. The molecule has 1 atom stereocenters. The molecule has 1 spiro atoms. The van der Waals surface area contributed by atoms with Crippen molar-refractivity contribution in [2.45, 2.75) is 25.3 Å². The van der Waals surface area contributed by atoms with E-state index in [9.17, 15) is 4.79 Å². The van der Waals surface area contributed by atoms with Crippen LogP contribution in [0, 0.1) is 5.41 Å². The second-order valence-electron chi connectivity index (χ2n) is 7.00. The Morgan fingerprint density at radius 3 is 2.77 bits per heavy atom. The lowest BCUT2D eigenvalue weighted by atomic mass is 9.73. The molecule has 26 heavy (non-hydrogen) atoms. The molecule has 4 N–H and O–H groups in total. The van der Waals surface area contributed by atoms with Gasteiger partial charge in [-0.05, 0) is 51.7 Å². The van der Waals surface area contributed by atoms with Crippen molar-refractivity contribution in [2.24, 2.45) is 11.1 Å². The van der Waals surface area contributed by atoms with Crippen LogP contribution in [0.3, 0.4) is 0 Å². The van der Waals surface area contributed by atoms with Crippen molar-refractivity contribution in [2.75, 3.05) is 23.3 Å². The summed E-state index contributed by atoms with van der Waals surface area (Å²) in [6, 6.07) is 8.53. The highest BCUT2D eigenvalue weighted by Crippen LogP contribution is 2.50. The molecule has 1 amide bonds. The van der Waals surface area contributed by atoms with Crippen molar-refractivity contribution in [3.63, 3.8) is 0 Å².